The van der Waals surface area contributed by atoms with Gasteiger partial charge in [-0.25, -0.2) is 4.79 Å². The van der Waals surface area contributed by atoms with E-state index >= 15 is 0 Å². The number of carbonyl (C=O) groups excluding carboxylic acids is 1. The van der Waals surface area contributed by atoms with Crippen molar-refractivity contribution in [1.29, 1.82) is 0 Å². The number of carbonyl (C=O) groups is 1. The van der Waals surface area contributed by atoms with Crippen molar-refractivity contribution < 1.29 is 9.53 Å². The summed E-state index contributed by atoms with van der Waals surface area (Å²) in [5, 5.41) is 5.85. The van der Waals surface area contributed by atoms with Crippen molar-refractivity contribution in [2.75, 3.05) is 26.3 Å². The van der Waals surface area contributed by atoms with Crippen LogP contribution in [0.15, 0.2) is 0 Å². The van der Waals surface area contributed by atoms with E-state index in [-0.39, 0.29) is 6.03 Å². The summed E-state index contributed by atoms with van der Waals surface area (Å²) in [7, 11) is 0. The van der Waals surface area contributed by atoms with Crippen LogP contribution in [0.4, 0.5) is 4.79 Å². The highest BCUT2D eigenvalue weighted by Gasteiger charge is 2.21. The van der Waals surface area contributed by atoms with E-state index in [1.165, 1.54) is 44.9 Å². The maximum absolute atomic E-state index is 11.6. The minimum absolute atomic E-state index is 0.0439. The number of urea groups is 1. The highest BCUT2D eigenvalue weighted by Crippen LogP contribution is 2.30. The zero-order chi connectivity index (χ0) is 14.2. The molecule has 0 atom stereocenters. The minimum atomic E-state index is -0.0439. The molecule has 0 aromatic rings. The molecule has 0 bridgehead atoms. The SMILES string of the molecule is CCC1CCC(CNC(=O)NCCOCC2CC2)CC1. The van der Waals surface area contributed by atoms with Crippen LogP contribution in [0.3, 0.4) is 0 Å². The molecule has 0 unspecified atom stereocenters. The molecule has 0 aromatic heterocycles. The molecule has 2 aliphatic carbocycles. The Labute approximate surface area is 123 Å². The van der Waals surface area contributed by atoms with Gasteiger partial charge in [0.05, 0.1) is 6.61 Å². The van der Waals surface area contributed by atoms with Crippen LogP contribution < -0.4 is 10.6 Å². The molecule has 2 aliphatic rings. The van der Waals surface area contributed by atoms with E-state index in [2.05, 4.69) is 17.6 Å². The van der Waals surface area contributed by atoms with Gasteiger partial charge in [0.2, 0.25) is 0 Å². The summed E-state index contributed by atoms with van der Waals surface area (Å²) in [6.07, 6.45) is 9.13. The van der Waals surface area contributed by atoms with Gasteiger partial charge < -0.3 is 15.4 Å². The maximum atomic E-state index is 11.6. The lowest BCUT2D eigenvalue weighted by Gasteiger charge is -2.27. The minimum Gasteiger partial charge on any atom is -0.379 e. The lowest BCUT2D eigenvalue weighted by Crippen LogP contribution is -2.40. The fraction of sp³-hybridized carbons (Fsp3) is 0.938. The Kier molecular flexibility index (Phi) is 6.64. The van der Waals surface area contributed by atoms with Gasteiger partial charge in [0.1, 0.15) is 0 Å². The van der Waals surface area contributed by atoms with Crippen molar-refractivity contribution in [2.45, 2.75) is 51.9 Å². The van der Waals surface area contributed by atoms with Crippen LogP contribution in [0.25, 0.3) is 0 Å². The van der Waals surface area contributed by atoms with E-state index in [1.807, 2.05) is 0 Å². The normalized spacial score (nSPS) is 26.2. The van der Waals surface area contributed by atoms with Crippen LogP contribution in [-0.2, 0) is 4.74 Å². The highest BCUT2D eigenvalue weighted by atomic mass is 16.5. The maximum Gasteiger partial charge on any atom is 0.314 e. The third-order valence-electron chi connectivity index (χ3n) is 4.68. The smallest absolute Gasteiger partial charge is 0.314 e. The molecule has 2 rings (SSSR count). The van der Waals surface area contributed by atoms with Crippen molar-refractivity contribution in [3.05, 3.63) is 0 Å². The van der Waals surface area contributed by atoms with Gasteiger partial charge >= 0.3 is 6.03 Å². The van der Waals surface area contributed by atoms with Crippen LogP contribution in [0.2, 0.25) is 0 Å². The molecule has 2 N–H and O–H groups in total. The first kappa shape index (κ1) is 15.6. The predicted molar refractivity (Wildman–Crippen MR) is 80.7 cm³/mol. The van der Waals surface area contributed by atoms with Gasteiger partial charge in [0.25, 0.3) is 0 Å². The molecule has 0 aliphatic heterocycles. The zero-order valence-electron chi connectivity index (χ0n) is 12.8. The standard InChI is InChI=1S/C16H30N2O2/c1-2-13-3-5-14(6-4-13)11-18-16(19)17-9-10-20-12-15-7-8-15/h13-15H,2-12H2,1H3,(H2,17,18,19). The number of hydrogen-bond acceptors (Lipinski definition) is 2. The van der Waals surface area contributed by atoms with Gasteiger partial charge in [-0.1, -0.05) is 26.2 Å². The Morgan fingerprint density at radius 3 is 2.30 bits per heavy atom. The Morgan fingerprint density at radius 2 is 1.65 bits per heavy atom. The van der Waals surface area contributed by atoms with Crippen LogP contribution in [0.5, 0.6) is 0 Å². The molecule has 116 valence electrons. The summed E-state index contributed by atoms with van der Waals surface area (Å²) in [6, 6.07) is -0.0439. The molecule has 0 spiro atoms. The highest BCUT2D eigenvalue weighted by molar-refractivity contribution is 5.73. The number of hydrogen-bond donors (Lipinski definition) is 2. The number of nitrogens with one attached hydrogen (secondary N) is 2. The third-order valence-corrected chi connectivity index (χ3v) is 4.68. The summed E-state index contributed by atoms with van der Waals surface area (Å²) in [5.41, 5.74) is 0. The third kappa shape index (κ3) is 6.12. The average molecular weight is 282 g/mol. The van der Waals surface area contributed by atoms with Gasteiger partial charge in [-0.15, -0.1) is 0 Å². The van der Waals surface area contributed by atoms with Crippen molar-refractivity contribution in [3.63, 3.8) is 0 Å². The van der Waals surface area contributed by atoms with E-state index in [0.29, 0.717) is 19.1 Å². The topological polar surface area (TPSA) is 50.4 Å². The fourth-order valence-electron chi connectivity index (χ4n) is 2.91. The first-order chi connectivity index (χ1) is 9.78. The Hall–Kier alpha value is -0.770. The van der Waals surface area contributed by atoms with Gasteiger partial charge in [0.15, 0.2) is 0 Å². The molecule has 0 radical (unpaired) electrons. The number of amides is 2. The van der Waals surface area contributed by atoms with Crippen molar-refractivity contribution in [3.8, 4) is 0 Å². The summed E-state index contributed by atoms with van der Waals surface area (Å²) in [6.45, 7) is 5.21. The molecule has 2 fully saturated rings. The van der Waals surface area contributed by atoms with E-state index in [1.54, 1.807) is 0 Å². The summed E-state index contributed by atoms with van der Waals surface area (Å²) >= 11 is 0. The van der Waals surface area contributed by atoms with Gasteiger partial charge in [0, 0.05) is 19.7 Å². The Balaban J connectivity index is 1.43. The zero-order valence-corrected chi connectivity index (χ0v) is 12.8. The van der Waals surface area contributed by atoms with E-state index in [0.717, 1.165) is 25.0 Å². The first-order valence-corrected chi connectivity index (χ1v) is 8.37. The largest absolute Gasteiger partial charge is 0.379 e. The molecule has 0 saturated heterocycles. The first-order valence-electron chi connectivity index (χ1n) is 8.37. The second kappa shape index (κ2) is 8.50. The molecule has 20 heavy (non-hydrogen) atoms. The molecule has 0 aromatic carbocycles. The monoisotopic (exact) mass is 282 g/mol. The molecule has 4 heteroatoms. The quantitative estimate of drug-likeness (QED) is 0.673. The van der Waals surface area contributed by atoms with E-state index in [9.17, 15) is 4.79 Å². The fourth-order valence-corrected chi connectivity index (χ4v) is 2.91. The van der Waals surface area contributed by atoms with Crippen LogP contribution in [0, 0.1) is 17.8 Å². The number of ether oxygens (including phenoxy) is 1. The van der Waals surface area contributed by atoms with Crippen molar-refractivity contribution in [2.24, 2.45) is 17.8 Å². The van der Waals surface area contributed by atoms with Crippen LogP contribution >= 0.6 is 0 Å². The lowest BCUT2D eigenvalue weighted by molar-refractivity contribution is 0.127. The van der Waals surface area contributed by atoms with E-state index in [4.69, 9.17) is 4.74 Å². The second-order valence-corrected chi connectivity index (χ2v) is 6.45. The molecular weight excluding hydrogens is 252 g/mol. The molecular formula is C16H30N2O2. The molecule has 2 amide bonds. The average Bonchev–Trinajstić information content (AvgIpc) is 3.29. The van der Waals surface area contributed by atoms with Gasteiger partial charge in [-0.3, -0.25) is 0 Å². The van der Waals surface area contributed by atoms with Gasteiger partial charge in [-0.05, 0) is 43.4 Å². The second-order valence-electron chi connectivity index (χ2n) is 6.45. The van der Waals surface area contributed by atoms with Crippen molar-refractivity contribution in [1.82, 2.24) is 10.6 Å². The van der Waals surface area contributed by atoms with Crippen LogP contribution in [-0.4, -0.2) is 32.3 Å². The molecule has 0 heterocycles. The summed E-state index contributed by atoms with van der Waals surface area (Å²) in [5.74, 6) is 2.39. The predicted octanol–water partition coefficient (Wildman–Crippen LogP) is 2.93. The van der Waals surface area contributed by atoms with Crippen molar-refractivity contribution >= 4 is 6.03 Å². The number of rotatable bonds is 8. The van der Waals surface area contributed by atoms with E-state index < -0.39 is 0 Å². The summed E-state index contributed by atoms with van der Waals surface area (Å²) in [4.78, 5) is 11.6. The lowest BCUT2D eigenvalue weighted by atomic mass is 9.81. The summed E-state index contributed by atoms with van der Waals surface area (Å²) < 4.78 is 5.48. The Bertz CT molecular complexity index is 284. The van der Waals surface area contributed by atoms with Crippen LogP contribution in [0.1, 0.15) is 51.9 Å². The Morgan fingerprint density at radius 1 is 1.00 bits per heavy atom. The molecule has 2 saturated carbocycles. The molecule has 4 nitrogen and oxygen atoms in total. The van der Waals surface area contributed by atoms with Gasteiger partial charge in [-0.2, -0.15) is 0 Å².